The molecular formula is C62H91NO6. The Hall–Kier alpha value is -4.62. The number of phenolic OH excluding ortho intramolecular Hbond substituents is 1. The molecule has 0 heterocycles. The van der Waals surface area contributed by atoms with Gasteiger partial charge in [0.2, 0.25) is 0 Å². The van der Waals surface area contributed by atoms with Gasteiger partial charge in [-0.25, -0.2) is 4.79 Å². The zero-order valence-corrected chi connectivity index (χ0v) is 45.7. The normalized spacial score (nSPS) is 13.2. The largest absolute Gasteiger partial charge is 0.507 e. The van der Waals surface area contributed by atoms with Crippen LogP contribution in [0.15, 0.2) is 77.8 Å². The molecule has 4 aromatic rings. The molecule has 0 saturated carbocycles. The SMILES string of the molecule is CCCCCCCCOc1c(C(C)(C)C)cc(C(O)(c2cc(C(C)(C)C)c(OCCCCCCCC)c(C(C)(C)C)c2)C(Cc2ccccc2)N=Cc2cc(C(=O)OC)ccc2O)cc1C(C)(C)C. The number of esters is 1. The lowest BCUT2D eigenvalue weighted by atomic mass is 9.70. The zero-order valence-electron chi connectivity index (χ0n) is 45.7. The molecule has 0 spiro atoms. The number of rotatable bonds is 24. The van der Waals surface area contributed by atoms with Gasteiger partial charge >= 0.3 is 5.97 Å². The smallest absolute Gasteiger partial charge is 0.337 e. The molecule has 4 aromatic carbocycles. The van der Waals surface area contributed by atoms with Gasteiger partial charge in [-0.15, -0.1) is 0 Å². The second-order valence-corrected chi connectivity index (χ2v) is 23.5. The molecule has 1 atom stereocenters. The topological polar surface area (TPSA) is 97.6 Å². The summed E-state index contributed by atoms with van der Waals surface area (Å²) in [4.78, 5) is 18.1. The molecule has 0 amide bonds. The van der Waals surface area contributed by atoms with Gasteiger partial charge in [-0.1, -0.05) is 191 Å². The summed E-state index contributed by atoms with van der Waals surface area (Å²) in [5.41, 5.74) is 3.86. The Morgan fingerprint density at radius 2 is 0.986 bits per heavy atom. The monoisotopic (exact) mass is 946 g/mol. The number of carbonyl (C=O) groups excluding carboxylic acids is 1. The Bertz CT molecular complexity index is 2100. The van der Waals surface area contributed by atoms with E-state index in [9.17, 15) is 15.0 Å². The van der Waals surface area contributed by atoms with Crippen LogP contribution in [0.2, 0.25) is 0 Å². The number of aliphatic hydroxyl groups is 1. The quantitative estimate of drug-likeness (QED) is 0.0413. The van der Waals surface area contributed by atoms with Crippen LogP contribution in [0.4, 0.5) is 0 Å². The van der Waals surface area contributed by atoms with Crippen LogP contribution in [0.5, 0.6) is 17.2 Å². The predicted molar refractivity (Wildman–Crippen MR) is 289 cm³/mol. The number of ether oxygens (including phenoxy) is 3. The molecule has 0 radical (unpaired) electrons. The fourth-order valence-electron chi connectivity index (χ4n) is 9.12. The highest BCUT2D eigenvalue weighted by Crippen LogP contribution is 2.49. The maximum absolute atomic E-state index is 14.6. The Labute approximate surface area is 418 Å². The number of hydrogen-bond donors (Lipinski definition) is 2. The van der Waals surface area contributed by atoms with Gasteiger partial charge in [0.15, 0.2) is 0 Å². The first kappa shape index (κ1) is 57.0. The van der Waals surface area contributed by atoms with Crippen LogP contribution in [-0.2, 0) is 38.4 Å². The molecule has 0 aliphatic carbocycles. The molecule has 0 aliphatic rings. The first-order valence-electron chi connectivity index (χ1n) is 26.2. The van der Waals surface area contributed by atoms with Gasteiger partial charge in [-0.05, 0) is 100 Å². The standard InChI is InChI=1S/C62H91NO6/c1-16-18-20-22-24-29-35-68-55-49(58(3,4)5)39-47(40-50(55)59(6,7)8)62(66,54(37-44-31-27-26-28-32-44)63-43-46-38-45(57(65)67-15)33-34-53(46)64)48-41-51(60(9,10)11)56(52(42-48)61(12,13)14)69-36-30-25-23-21-19-17-2/h26-28,31-34,38-43,54,64,66H,16-25,29-30,35-37H2,1-15H3. The van der Waals surface area contributed by atoms with Crippen molar-refractivity contribution in [3.05, 3.63) is 123 Å². The van der Waals surface area contributed by atoms with E-state index >= 15 is 0 Å². The molecule has 7 nitrogen and oxygen atoms in total. The highest BCUT2D eigenvalue weighted by molar-refractivity contribution is 5.93. The Kier molecular flexibility index (Phi) is 20.6. The number of aromatic hydroxyl groups is 1. The lowest BCUT2D eigenvalue weighted by Gasteiger charge is -2.40. The fraction of sp³-hybridized carbons (Fsp3) is 0.581. The lowest BCUT2D eigenvalue weighted by molar-refractivity contribution is 0.0520. The predicted octanol–water partition coefficient (Wildman–Crippen LogP) is 15.8. The molecule has 4 rings (SSSR count). The molecule has 0 bridgehead atoms. The number of benzene rings is 4. The number of hydrogen-bond acceptors (Lipinski definition) is 7. The van der Waals surface area contributed by atoms with Crippen LogP contribution >= 0.6 is 0 Å². The minimum Gasteiger partial charge on any atom is -0.507 e. The van der Waals surface area contributed by atoms with Crippen LogP contribution in [0, 0.1) is 0 Å². The van der Waals surface area contributed by atoms with Crippen molar-refractivity contribution in [1.29, 1.82) is 0 Å². The van der Waals surface area contributed by atoms with Crippen molar-refractivity contribution in [2.24, 2.45) is 4.99 Å². The first-order chi connectivity index (χ1) is 32.4. The van der Waals surface area contributed by atoms with E-state index in [4.69, 9.17) is 19.2 Å². The minimum atomic E-state index is -1.77. The third-order valence-corrected chi connectivity index (χ3v) is 13.4. The first-order valence-corrected chi connectivity index (χ1v) is 26.2. The molecule has 380 valence electrons. The van der Waals surface area contributed by atoms with Crippen LogP contribution in [0.25, 0.3) is 0 Å². The molecule has 69 heavy (non-hydrogen) atoms. The highest BCUT2D eigenvalue weighted by Gasteiger charge is 2.45. The van der Waals surface area contributed by atoms with Crippen molar-refractivity contribution >= 4 is 12.2 Å². The summed E-state index contributed by atoms with van der Waals surface area (Å²) in [6.45, 7) is 32.4. The number of phenols is 1. The van der Waals surface area contributed by atoms with Gasteiger partial charge in [0.1, 0.15) is 22.8 Å². The summed E-state index contributed by atoms with van der Waals surface area (Å²) in [5, 5.41) is 25.9. The van der Waals surface area contributed by atoms with Crippen molar-refractivity contribution in [3.8, 4) is 17.2 Å². The van der Waals surface area contributed by atoms with Crippen molar-refractivity contribution in [2.45, 2.75) is 214 Å². The molecule has 2 N–H and O–H groups in total. The number of methoxy groups -OCH3 is 1. The summed E-state index contributed by atoms with van der Waals surface area (Å²) < 4.78 is 18.9. The minimum absolute atomic E-state index is 0.0396. The summed E-state index contributed by atoms with van der Waals surface area (Å²) in [6, 6.07) is 22.6. The van der Waals surface area contributed by atoms with Gasteiger partial charge in [-0.3, -0.25) is 4.99 Å². The molecular weight excluding hydrogens is 855 g/mol. The van der Waals surface area contributed by atoms with Gasteiger partial charge < -0.3 is 24.4 Å². The third-order valence-electron chi connectivity index (χ3n) is 13.4. The number of carbonyl (C=O) groups is 1. The van der Waals surface area contributed by atoms with E-state index in [2.05, 4.69) is 133 Å². The Morgan fingerprint density at radius 1 is 0.580 bits per heavy atom. The lowest BCUT2D eigenvalue weighted by Crippen LogP contribution is -2.42. The zero-order chi connectivity index (χ0) is 51.2. The van der Waals surface area contributed by atoms with E-state index in [0.717, 1.165) is 65.0 Å². The molecule has 0 fully saturated rings. The summed E-state index contributed by atoms with van der Waals surface area (Å²) in [6.07, 6.45) is 16.0. The summed E-state index contributed by atoms with van der Waals surface area (Å²) in [5.74, 6) is 1.20. The second kappa shape index (κ2) is 25.0. The van der Waals surface area contributed by atoms with Crippen molar-refractivity contribution in [3.63, 3.8) is 0 Å². The van der Waals surface area contributed by atoms with E-state index in [-0.39, 0.29) is 33.0 Å². The Morgan fingerprint density at radius 3 is 1.38 bits per heavy atom. The number of unbranched alkanes of at least 4 members (excludes halogenated alkanes) is 10. The van der Waals surface area contributed by atoms with E-state index in [1.54, 1.807) is 12.3 Å². The number of aliphatic imine (C=N–C) groups is 1. The maximum atomic E-state index is 14.6. The second-order valence-electron chi connectivity index (χ2n) is 23.5. The van der Waals surface area contributed by atoms with Crippen molar-refractivity contribution in [2.75, 3.05) is 20.3 Å². The van der Waals surface area contributed by atoms with Gasteiger partial charge in [-0.2, -0.15) is 0 Å². The fourth-order valence-corrected chi connectivity index (χ4v) is 9.12. The van der Waals surface area contributed by atoms with Crippen LogP contribution in [0.1, 0.15) is 229 Å². The molecule has 7 heteroatoms. The Balaban J connectivity index is 2.15. The van der Waals surface area contributed by atoms with E-state index in [1.165, 1.54) is 70.6 Å². The van der Waals surface area contributed by atoms with E-state index < -0.39 is 17.6 Å². The third kappa shape index (κ3) is 15.7. The van der Waals surface area contributed by atoms with Crippen molar-refractivity contribution < 1.29 is 29.2 Å². The van der Waals surface area contributed by atoms with E-state index in [0.29, 0.717) is 36.3 Å². The van der Waals surface area contributed by atoms with Crippen LogP contribution in [-0.4, -0.2) is 48.8 Å². The maximum Gasteiger partial charge on any atom is 0.337 e. The van der Waals surface area contributed by atoms with Crippen LogP contribution < -0.4 is 9.47 Å². The average molecular weight is 946 g/mol. The molecule has 0 saturated heterocycles. The highest BCUT2D eigenvalue weighted by atomic mass is 16.5. The van der Waals surface area contributed by atoms with Gasteiger partial charge in [0.25, 0.3) is 0 Å². The summed E-state index contributed by atoms with van der Waals surface area (Å²) in [7, 11) is 1.34. The summed E-state index contributed by atoms with van der Waals surface area (Å²) >= 11 is 0. The number of nitrogens with zero attached hydrogens (tertiary/aromatic N) is 1. The molecule has 0 aliphatic heterocycles. The molecule has 0 aromatic heterocycles. The van der Waals surface area contributed by atoms with E-state index in [1.807, 2.05) is 18.2 Å². The van der Waals surface area contributed by atoms with Gasteiger partial charge in [0, 0.05) is 34.0 Å². The van der Waals surface area contributed by atoms with Crippen LogP contribution in [0.3, 0.4) is 0 Å². The average Bonchev–Trinajstić information content (AvgIpc) is 3.28. The molecule has 1 unspecified atom stereocenters. The van der Waals surface area contributed by atoms with Crippen molar-refractivity contribution in [1.82, 2.24) is 0 Å². The van der Waals surface area contributed by atoms with Gasteiger partial charge in [0.05, 0.1) is 31.9 Å².